The standard InChI is InChI=1S/C6H7N6O5/c1-3-5(8-16-11(3)14)7-10(13)6-4(2)12(15)17-9-6/h9H,1-2H3/q+1. The molecule has 0 saturated heterocycles. The fraction of sp³-hybridized carbons (Fsp3) is 0.333. The van der Waals surface area contributed by atoms with Gasteiger partial charge in [0.2, 0.25) is 5.69 Å². The van der Waals surface area contributed by atoms with Crippen LogP contribution >= 0.6 is 0 Å². The first-order chi connectivity index (χ1) is 8.00. The van der Waals surface area contributed by atoms with Crippen molar-refractivity contribution in [2.45, 2.75) is 13.8 Å². The second-order valence-electron chi connectivity index (χ2n) is 3.10. The summed E-state index contributed by atoms with van der Waals surface area (Å²) in [5, 5.41) is 31.1. The lowest BCUT2D eigenvalue weighted by atomic mass is 10.5. The Hall–Kier alpha value is -2.72. The van der Waals surface area contributed by atoms with Gasteiger partial charge in [-0.05, 0) is 20.1 Å². The predicted molar refractivity (Wildman–Crippen MR) is 46.7 cm³/mol. The molecule has 11 heteroatoms. The van der Waals surface area contributed by atoms with Gasteiger partial charge in [0.1, 0.15) is 0 Å². The highest BCUT2D eigenvalue weighted by atomic mass is 16.8. The van der Waals surface area contributed by atoms with E-state index in [1.165, 1.54) is 13.8 Å². The van der Waals surface area contributed by atoms with Crippen LogP contribution in [0.4, 0.5) is 11.6 Å². The zero-order valence-electron chi connectivity index (χ0n) is 8.78. The third-order valence-electron chi connectivity index (χ3n) is 2.02. The molecule has 2 heterocycles. The molecule has 2 aromatic heterocycles. The number of rotatable bonds is 2. The van der Waals surface area contributed by atoms with Crippen molar-refractivity contribution in [1.82, 2.24) is 10.3 Å². The van der Waals surface area contributed by atoms with Crippen molar-refractivity contribution in [1.29, 1.82) is 0 Å². The van der Waals surface area contributed by atoms with Crippen molar-refractivity contribution in [2.24, 2.45) is 5.11 Å². The Bertz CT molecular complexity index is 636. The molecule has 11 nitrogen and oxygen atoms in total. The smallest absolute Gasteiger partial charge is 0.393 e. The Morgan fingerprint density at radius 2 is 2.18 bits per heavy atom. The average molecular weight is 243 g/mol. The number of nitrogens with one attached hydrogen (secondary N) is 1. The lowest BCUT2D eigenvalue weighted by molar-refractivity contribution is -0.806. The van der Waals surface area contributed by atoms with Crippen LogP contribution in [0.25, 0.3) is 0 Å². The van der Waals surface area contributed by atoms with Crippen LogP contribution in [-0.4, -0.2) is 15.2 Å². The van der Waals surface area contributed by atoms with E-state index in [4.69, 9.17) is 0 Å². The summed E-state index contributed by atoms with van der Waals surface area (Å²) in [7, 11) is 0. The summed E-state index contributed by atoms with van der Waals surface area (Å²) in [5.74, 6) is -0.402. The van der Waals surface area contributed by atoms with Crippen molar-refractivity contribution in [3.05, 3.63) is 26.7 Å². The van der Waals surface area contributed by atoms with Gasteiger partial charge in [-0.1, -0.05) is 4.63 Å². The molecule has 0 bridgehead atoms. The van der Waals surface area contributed by atoms with E-state index in [0.717, 1.165) is 0 Å². The maximum atomic E-state index is 11.5. The number of hydrogen-bond donors (Lipinski definition) is 1. The Kier molecular flexibility index (Phi) is 2.34. The van der Waals surface area contributed by atoms with E-state index in [0.29, 0.717) is 0 Å². The molecule has 0 aliphatic heterocycles. The highest BCUT2D eigenvalue weighted by molar-refractivity contribution is 5.25. The summed E-state index contributed by atoms with van der Waals surface area (Å²) in [4.78, 5) is 11.1. The lowest BCUT2D eigenvalue weighted by Crippen LogP contribution is -2.25. The predicted octanol–water partition coefficient (Wildman–Crippen LogP) is -0.314. The number of H-pyrrole nitrogens is 1. The summed E-state index contributed by atoms with van der Waals surface area (Å²) in [5.41, 5.74) is 0.00176. The molecule has 0 amide bonds. The maximum Gasteiger partial charge on any atom is 0.393 e. The van der Waals surface area contributed by atoms with Crippen LogP contribution in [0.3, 0.4) is 0 Å². The highest BCUT2D eigenvalue weighted by Gasteiger charge is 2.22. The van der Waals surface area contributed by atoms with Crippen LogP contribution in [-0.2, 0) is 0 Å². The molecule has 2 aromatic rings. The first-order valence-electron chi connectivity index (χ1n) is 4.37. The molecule has 0 fully saturated rings. The van der Waals surface area contributed by atoms with Gasteiger partial charge in [0, 0.05) is 13.8 Å². The van der Waals surface area contributed by atoms with E-state index in [1.54, 1.807) is 0 Å². The van der Waals surface area contributed by atoms with Gasteiger partial charge in [0.05, 0.1) is 5.16 Å². The average Bonchev–Trinajstić information content (AvgIpc) is 2.77. The monoisotopic (exact) mass is 243 g/mol. The van der Waals surface area contributed by atoms with Gasteiger partial charge in [0.15, 0.2) is 4.60 Å². The summed E-state index contributed by atoms with van der Waals surface area (Å²) in [6.07, 6.45) is 0. The second kappa shape index (κ2) is 3.70. The van der Waals surface area contributed by atoms with E-state index in [9.17, 15) is 15.3 Å². The lowest BCUT2D eigenvalue weighted by Gasteiger charge is -1.96. The molecule has 0 unspecified atom stereocenters. The van der Waals surface area contributed by atoms with Crippen molar-refractivity contribution in [3.63, 3.8) is 0 Å². The molecular weight excluding hydrogens is 236 g/mol. The third kappa shape index (κ3) is 1.73. The molecule has 0 radical (unpaired) electrons. The topological polar surface area (TPSA) is 143 Å². The van der Waals surface area contributed by atoms with Gasteiger partial charge in [-0.3, -0.25) is 4.63 Å². The Morgan fingerprint density at radius 3 is 2.65 bits per heavy atom. The maximum absolute atomic E-state index is 11.5. The summed E-state index contributed by atoms with van der Waals surface area (Å²) in [6, 6.07) is 0. The number of hydrogen-bond acceptors (Lipinski definition) is 7. The summed E-state index contributed by atoms with van der Waals surface area (Å²) < 4.78 is 8.64. The minimum absolute atomic E-state index is 0.0140. The first kappa shape index (κ1) is 10.8. The van der Waals surface area contributed by atoms with Crippen molar-refractivity contribution in [2.75, 3.05) is 0 Å². The van der Waals surface area contributed by atoms with Crippen LogP contribution in [0, 0.1) is 29.2 Å². The highest BCUT2D eigenvalue weighted by Crippen LogP contribution is 2.16. The van der Waals surface area contributed by atoms with Gasteiger partial charge < -0.3 is 10.4 Å². The van der Waals surface area contributed by atoms with Crippen molar-refractivity contribution in [3.8, 4) is 0 Å². The third-order valence-corrected chi connectivity index (χ3v) is 2.02. The van der Waals surface area contributed by atoms with Gasteiger partial charge in [-0.15, -0.1) is 4.86 Å². The molecule has 0 spiro atoms. The SMILES string of the molecule is Cc1c(N=[N+]([O-])c2[nH]o[n+](=O)c2C)no[n+]1[O-]. The molecule has 0 saturated carbocycles. The minimum atomic E-state index is -0.208. The van der Waals surface area contributed by atoms with Crippen LogP contribution in [0.2, 0.25) is 0 Å². The van der Waals surface area contributed by atoms with Crippen LogP contribution < -0.4 is 9.50 Å². The summed E-state index contributed by atoms with van der Waals surface area (Å²) >= 11 is 0. The van der Waals surface area contributed by atoms with E-state index in [-0.39, 0.29) is 37.4 Å². The first-order valence-corrected chi connectivity index (χ1v) is 4.37. The number of aromatic nitrogens is 4. The normalized spacial score (nSPS) is 12.0. The number of nitrogens with zero attached hydrogens (tertiary/aromatic N) is 5. The Balaban J connectivity index is 2.44. The van der Waals surface area contributed by atoms with Gasteiger partial charge in [-0.2, -0.15) is 0 Å². The van der Waals surface area contributed by atoms with Gasteiger partial charge >= 0.3 is 11.6 Å². The Labute approximate surface area is 92.2 Å². The van der Waals surface area contributed by atoms with Crippen molar-refractivity contribution >= 4 is 11.6 Å². The minimum Gasteiger partial charge on any atom is -0.690 e. The fourth-order valence-corrected chi connectivity index (χ4v) is 1.00. The fourth-order valence-electron chi connectivity index (χ4n) is 1.00. The van der Waals surface area contributed by atoms with Crippen LogP contribution in [0.1, 0.15) is 11.4 Å². The molecule has 0 atom stereocenters. The molecule has 2 rings (SSSR count). The van der Waals surface area contributed by atoms with Gasteiger partial charge in [0.25, 0.3) is 5.69 Å². The van der Waals surface area contributed by atoms with Gasteiger partial charge in [-0.25, -0.2) is 0 Å². The van der Waals surface area contributed by atoms with Crippen molar-refractivity contribution < 1.29 is 23.6 Å². The Morgan fingerprint density at radius 1 is 1.47 bits per heavy atom. The van der Waals surface area contributed by atoms with E-state index >= 15 is 0 Å². The molecule has 0 aliphatic rings. The number of aromatic amines is 1. The van der Waals surface area contributed by atoms with E-state index < -0.39 is 0 Å². The summed E-state index contributed by atoms with van der Waals surface area (Å²) in [6.45, 7) is 2.72. The quantitative estimate of drug-likeness (QED) is 0.331. The zero-order valence-corrected chi connectivity index (χ0v) is 8.78. The largest absolute Gasteiger partial charge is 0.690 e. The number of azo groups is 1. The molecule has 0 aliphatic carbocycles. The molecule has 90 valence electrons. The van der Waals surface area contributed by atoms with E-state index in [1.807, 2.05) is 0 Å². The zero-order chi connectivity index (χ0) is 12.6. The molecule has 17 heavy (non-hydrogen) atoms. The van der Waals surface area contributed by atoms with E-state index in [2.05, 4.69) is 24.7 Å². The molecule has 0 aromatic carbocycles. The van der Waals surface area contributed by atoms with Crippen LogP contribution in [0.15, 0.2) is 14.4 Å². The molecular formula is C6H7N6O5+. The molecule has 1 N–H and O–H groups in total. The second-order valence-corrected chi connectivity index (χ2v) is 3.10. The van der Waals surface area contributed by atoms with Crippen LogP contribution in [0.5, 0.6) is 0 Å².